The third kappa shape index (κ3) is 2.11. The molecule has 0 saturated heterocycles. The third-order valence-corrected chi connectivity index (χ3v) is 2.37. The quantitative estimate of drug-likeness (QED) is 0.837. The first-order chi connectivity index (χ1) is 7.66. The topological polar surface area (TPSA) is 55.0 Å². The van der Waals surface area contributed by atoms with Gasteiger partial charge in [0, 0.05) is 12.4 Å². The van der Waals surface area contributed by atoms with Gasteiger partial charge in [0.1, 0.15) is 5.75 Å². The van der Waals surface area contributed by atoms with Crippen molar-refractivity contribution in [2.24, 2.45) is 0 Å². The number of aromatic amines is 1. The molecule has 82 valence electrons. The molecule has 0 aliphatic carbocycles. The minimum absolute atomic E-state index is 0.0609. The first-order valence-corrected chi connectivity index (χ1v) is 4.95. The van der Waals surface area contributed by atoms with Crippen LogP contribution in [0.1, 0.15) is 11.1 Å². The minimum atomic E-state index is -0.333. The lowest BCUT2D eigenvalue weighted by Gasteiger charge is -2.05. The van der Waals surface area contributed by atoms with Crippen LogP contribution in [0.25, 0.3) is 0 Å². The van der Waals surface area contributed by atoms with Crippen LogP contribution >= 0.6 is 0 Å². The number of hydrogen-bond donors (Lipinski definition) is 1. The Kier molecular flexibility index (Phi) is 2.72. The van der Waals surface area contributed by atoms with Gasteiger partial charge in [-0.05, 0) is 37.1 Å². The molecular formula is C12H12N2O2. The van der Waals surface area contributed by atoms with E-state index in [2.05, 4.69) is 9.97 Å². The van der Waals surface area contributed by atoms with Gasteiger partial charge in [-0.3, -0.25) is 4.79 Å². The molecule has 1 N–H and O–H groups in total. The highest BCUT2D eigenvalue weighted by molar-refractivity contribution is 5.35. The normalized spacial score (nSPS) is 10.1. The van der Waals surface area contributed by atoms with Crippen LogP contribution in [0.3, 0.4) is 0 Å². The molecule has 1 heterocycles. The Morgan fingerprint density at radius 1 is 1.25 bits per heavy atom. The first-order valence-electron chi connectivity index (χ1n) is 4.95. The van der Waals surface area contributed by atoms with Crippen LogP contribution in [0.4, 0.5) is 0 Å². The van der Waals surface area contributed by atoms with Crippen molar-refractivity contribution in [2.75, 3.05) is 0 Å². The van der Waals surface area contributed by atoms with E-state index >= 15 is 0 Å². The SMILES string of the molecule is Cc1ccc(Oc2ncc[nH]c2=O)cc1C. The summed E-state index contributed by atoms with van der Waals surface area (Å²) in [6.07, 6.45) is 2.95. The molecule has 0 unspecified atom stereocenters. The summed E-state index contributed by atoms with van der Waals surface area (Å²) < 4.78 is 5.39. The molecule has 0 bridgehead atoms. The number of hydrogen-bond acceptors (Lipinski definition) is 3. The molecule has 0 amide bonds. The van der Waals surface area contributed by atoms with Crippen molar-refractivity contribution in [3.63, 3.8) is 0 Å². The summed E-state index contributed by atoms with van der Waals surface area (Å²) in [6, 6.07) is 5.64. The Morgan fingerprint density at radius 2 is 2.06 bits per heavy atom. The number of rotatable bonds is 2. The van der Waals surface area contributed by atoms with Crippen LogP contribution in [0.5, 0.6) is 11.6 Å². The first kappa shape index (κ1) is 10.4. The number of benzene rings is 1. The van der Waals surface area contributed by atoms with Crippen molar-refractivity contribution in [3.05, 3.63) is 52.1 Å². The Bertz CT molecular complexity index is 561. The smallest absolute Gasteiger partial charge is 0.311 e. The molecule has 4 nitrogen and oxygen atoms in total. The van der Waals surface area contributed by atoms with Crippen LogP contribution < -0.4 is 10.3 Å². The predicted molar refractivity (Wildman–Crippen MR) is 60.8 cm³/mol. The maximum Gasteiger partial charge on any atom is 0.311 e. The van der Waals surface area contributed by atoms with Gasteiger partial charge in [0.05, 0.1) is 0 Å². The average Bonchev–Trinajstić information content (AvgIpc) is 2.27. The number of H-pyrrole nitrogens is 1. The van der Waals surface area contributed by atoms with Crippen LogP contribution in [0.15, 0.2) is 35.4 Å². The molecule has 4 heteroatoms. The molecule has 0 spiro atoms. The van der Waals surface area contributed by atoms with E-state index < -0.39 is 0 Å². The largest absolute Gasteiger partial charge is 0.435 e. The number of nitrogens with one attached hydrogen (secondary N) is 1. The summed E-state index contributed by atoms with van der Waals surface area (Å²) in [7, 11) is 0. The van der Waals surface area contributed by atoms with Crippen molar-refractivity contribution in [1.29, 1.82) is 0 Å². The third-order valence-electron chi connectivity index (χ3n) is 2.37. The highest BCUT2D eigenvalue weighted by Crippen LogP contribution is 2.19. The molecule has 0 fully saturated rings. The second-order valence-corrected chi connectivity index (χ2v) is 3.57. The van der Waals surface area contributed by atoms with Gasteiger partial charge >= 0.3 is 5.56 Å². The van der Waals surface area contributed by atoms with Crippen LogP contribution in [-0.2, 0) is 0 Å². The van der Waals surface area contributed by atoms with E-state index in [0.29, 0.717) is 5.75 Å². The fourth-order valence-electron chi connectivity index (χ4n) is 1.30. The van der Waals surface area contributed by atoms with Crippen molar-refractivity contribution in [1.82, 2.24) is 9.97 Å². The van der Waals surface area contributed by atoms with Crippen LogP contribution in [-0.4, -0.2) is 9.97 Å². The zero-order valence-corrected chi connectivity index (χ0v) is 9.15. The summed E-state index contributed by atoms with van der Waals surface area (Å²) in [5, 5.41) is 0. The van der Waals surface area contributed by atoms with E-state index in [0.717, 1.165) is 5.56 Å². The van der Waals surface area contributed by atoms with E-state index in [1.165, 1.54) is 18.0 Å². The van der Waals surface area contributed by atoms with E-state index in [-0.39, 0.29) is 11.4 Å². The second-order valence-electron chi connectivity index (χ2n) is 3.57. The van der Waals surface area contributed by atoms with E-state index in [1.54, 1.807) is 0 Å². The lowest BCUT2D eigenvalue weighted by molar-refractivity contribution is 0.454. The minimum Gasteiger partial charge on any atom is -0.435 e. The summed E-state index contributed by atoms with van der Waals surface area (Å²) >= 11 is 0. The van der Waals surface area contributed by atoms with Crippen LogP contribution in [0.2, 0.25) is 0 Å². The molecule has 0 saturated carbocycles. The number of aryl methyl sites for hydroxylation is 2. The summed E-state index contributed by atoms with van der Waals surface area (Å²) in [6.45, 7) is 4.01. The van der Waals surface area contributed by atoms with Gasteiger partial charge in [0.25, 0.3) is 5.88 Å². The zero-order chi connectivity index (χ0) is 11.5. The molecular weight excluding hydrogens is 204 g/mol. The maximum absolute atomic E-state index is 11.3. The van der Waals surface area contributed by atoms with Crippen molar-refractivity contribution in [3.8, 4) is 11.6 Å². The van der Waals surface area contributed by atoms with Gasteiger partial charge < -0.3 is 9.72 Å². The standard InChI is InChI=1S/C12H12N2O2/c1-8-3-4-10(7-9(8)2)16-12-11(15)13-5-6-14-12/h3-7H,1-2H3,(H,13,15). The molecule has 0 atom stereocenters. The predicted octanol–water partition coefficient (Wildman–Crippen LogP) is 2.18. The van der Waals surface area contributed by atoms with Gasteiger partial charge in [0.2, 0.25) is 0 Å². The van der Waals surface area contributed by atoms with Crippen molar-refractivity contribution in [2.45, 2.75) is 13.8 Å². The van der Waals surface area contributed by atoms with Crippen molar-refractivity contribution < 1.29 is 4.74 Å². The number of aromatic nitrogens is 2. The highest BCUT2D eigenvalue weighted by atomic mass is 16.5. The maximum atomic E-state index is 11.3. The van der Waals surface area contributed by atoms with E-state index in [4.69, 9.17) is 4.74 Å². The number of nitrogens with zero attached hydrogens (tertiary/aromatic N) is 1. The zero-order valence-electron chi connectivity index (χ0n) is 9.15. The Hall–Kier alpha value is -2.10. The molecule has 0 aliphatic heterocycles. The summed E-state index contributed by atoms with van der Waals surface area (Å²) in [5.41, 5.74) is 1.97. The monoisotopic (exact) mass is 216 g/mol. The van der Waals surface area contributed by atoms with Gasteiger partial charge in [-0.15, -0.1) is 0 Å². The molecule has 0 aliphatic rings. The molecule has 0 radical (unpaired) electrons. The molecule has 1 aromatic carbocycles. The Balaban J connectivity index is 2.31. The van der Waals surface area contributed by atoms with Gasteiger partial charge in [-0.2, -0.15) is 0 Å². The number of ether oxygens (including phenoxy) is 1. The average molecular weight is 216 g/mol. The van der Waals surface area contributed by atoms with Gasteiger partial charge in [0.15, 0.2) is 0 Å². The molecule has 16 heavy (non-hydrogen) atoms. The van der Waals surface area contributed by atoms with Crippen molar-refractivity contribution >= 4 is 0 Å². The highest BCUT2D eigenvalue weighted by Gasteiger charge is 2.03. The Morgan fingerprint density at radius 3 is 2.75 bits per heavy atom. The second kappa shape index (κ2) is 4.18. The fourth-order valence-corrected chi connectivity index (χ4v) is 1.30. The summed E-state index contributed by atoms with van der Waals surface area (Å²) in [5.74, 6) is 0.679. The molecule has 2 rings (SSSR count). The summed E-state index contributed by atoms with van der Waals surface area (Å²) in [4.78, 5) is 17.7. The molecule has 1 aromatic heterocycles. The van der Waals surface area contributed by atoms with E-state index in [1.807, 2.05) is 32.0 Å². The lowest BCUT2D eigenvalue weighted by Crippen LogP contribution is -2.09. The Labute approximate surface area is 92.9 Å². The van der Waals surface area contributed by atoms with Gasteiger partial charge in [-0.1, -0.05) is 6.07 Å². The lowest BCUT2D eigenvalue weighted by atomic mass is 10.1. The van der Waals surface area contributed by atoms with E-state index in [9.17, 15) is 4.79 Å². The van der Waals surface area contributed by atoms with Gasteiger partial charge in [-0.25, -0.2) is 4.98 Å². The molecule has 2 aromatic rings. The fraction of sp³-hybridized carbons (Fsp3) is 0.167. The van der Waals surface area contributed by atoms with Crippen LogP contribution in [0, 0.1) is 13.8 Å².